The van der Waals surface area contributed by atoms with Crippen molar-refractivity contribution in [3.63, 3.8) is 0 Å². The van der Waals surface area contributed by atoms with Gasteiger partial charge in [-0.3, -0.25) is 0 Å². The Morgan fingerprint density at radius 2 is 1.95 bits per heavy atom. The van der Waals surface area contributed by atoms with Crippen LogP contribution in [0.4, 0.5) is 5.95 Å². The summed E-state index contributed by atoms with van der Waals surface area (Å²) in [5, 5.41) is 12.1. The van der Waals surface area contributed by atoms with Gasteiger partial charge in [0.25, 0.3) is 0 Å². The molecule has 2 aliphatic heterocycles. The molecular formula is C14H23N5. The Morgan fingerprint density at radius 1 is 1.11 bits per heavy atom. The maximum atomic E-state index is 4.61. The summed E-state index contributed by atoms with van der Waals surface area (Å²) in [6.45, 7) is 8.42. The molecule has 0 amide bonds. The van der Waals surface area contributed by atoms with E-state index >= 15 is 0 Å². The van der Waals surface area contributed by atoms with E-state index in [9.17, 15) is 0 Å². The first kappa shape index (κ1) is 12.8. The summed E-state index contributed by atoms with van der Waals surface area (Å²) in [5.41, 5.74) is 2.35. The average molecular weight is 261 g/mol. The maximum absolute atomic E-state index is 4.61. The highest BCUT2D eigenvalue weighted by Gasteiger charge is 2.37. The summed E-state index contributed by atoms with van der Waals surface area (Å²) in [4.78, 5) is 6.94. The molecule has 0 aliphatic carbocycles. The molecule has 2 fully saturated rings. The Kier molecular flexibility index (Phi) is 3.39. The van der Waals surface area contributed by atoms with Gasteiger partial charge in [0.2, 0.25) is 5.95 Å². The highest BCUT2D eigenvalue weighted by Crippen LogP contribution is 2.36. The lowest BCUT2D eigenvalue weighted by Crippen LogP contribution is -2.51. The number of nitrogens with one attached hydrogen (secondary N) is 1. The van der Waals surface area contributed by atoms with Gasteiger partial charge in [-0.05, 0) is 46.1 Å². The van der Waals surface area contributed by atoms with Gasteiger partial charge in [0.15, 0.2) is 0 Å². The quantitative estimate of drug-likeness (QED) is 0.829. The highest BCUT2D eigenvalue weighted by atomic mass is 15.3. The van der Waals surface area contributed by atoms with Crippen LogP contribution >= 0.6 is 0 Å². The zero-order valence-corrected chi connectivity index (χ0v) is 11.9. The van der Waals surface area contributed by atoms with Gasteiger partial charge in [0, 0.05) is 25.0 Å². The molecule has 1 aromatic rings. The van der Waals surface area contributed by atoms with Crippen LogP contribution in [0.15, 0.2) is 0 Å². The van der Waals surface area contributed by atoms with Gasteiger partial charge in [-0.15, -0.1) is 5.10 Å². The van der Waals surface area contributed by atoms with E-state index in [0.29, 0.717) is 5.41 Å². The number of rotatable bonds is 1. The predicted molar refractivity (Wildman–Crippen MR) is 75.3 cm³/mol. The van der Waals surface area contributed by atoms with Gasteiger partial charge in [0.05, 0.1) is 11.4 Å². The molecule has 0 radical (unpaired) electrons. The van der Waals surface area contributed by atoms with Crippen molar-refractivity contribution in [2.45, 2.75) is 39.5 Å². The lowest BCUT2D eigenvalue weighted by atomic mass is 9.74. The Labute approximate surface area is 114 Å². The lowest BCUT2D eigenvalue weighted by Gasteiger charge is -2.45. The fraction of sp³-hybridized carbons (Fsp3) is 0.786. The highest BCUT2D eigenvalue weighted by molar-refractivity contribution is 5.31. The molecule has 19 heavy (non-hydrogen) atoms. The van der Waals surface area contributed by atoms with Crippen molar-refractivity contribution >= 4 is 5.95 Å². The smallest absolute Gasteiger partial charge is 0.245 e. The van der Waals surface area contributed by atoms with Crippen molar-refractivity contribution in [1.29, 1.82) is 0 Å². The van der Waals surface area contributed by atoms with E-state index < -0.39 is 0 Å². The van der Waals surface area contributed by atoms with Crippen LogP contribution in [0.5, 0.6) is 0 Å². The van der Waals surface area contributed by atoms with Gasteiger partial charge >= 0.3 is 0 Å². The maximum Gasteiger partial charge on any atom is 0.245 e. The Hall–Kier alpha value is -1.23. The monoisotopic (exact) mass is 261 g/mol. The standard InChI is InChI=1S/C14H23N5/c1-11-12(2)17-18-13(16-11)19-8-4-6-14(10-19)5-3-7-15-9-14/h15H,3-10H2,1-2H3. The van der Waals surface area contributed by atoms with E-state index in [1.165, 1.54) is 32.2 Å². The second-order valence-electron chi connectivity index (χ2n) is 6.09. The third-order valence-electron chi connectivity index (χ3n) is 4.59. The average Bonchev–Trinajstić information content (AvgIpc) is 2.43. The molecule has 0 saturated carbocycles. The molecule has 1 aromatic heterocycles. The Bertz CT molecular complexity index is 448. The number of nitrogens with zero attached hydrogens (tertiary/aromatic N) is 4. The van der Waals surface area contributed by atoms with Crippen LogP contribution in [0.25, 0.3) is 0 Å². The van der Waals surface area contributed by atoms with Crippen molar-refractivity contribution in [3.05, 3.63) is 11.4 Å². The normalized spacial score (nSPS) is 27.8. The predicted octanol–water partition coefficient (Wildman–Crippen LogP) is 1.46. The van der Waals surface area contributed by atoms with E-state index in [0.717, 1.165) is 37.0 Å². The summed E-state index contributed by atoms with van der Waals surface area (Å²) in [7, 11) is 0. The van der Waals surface area contributed by atoms with Crippen LogP contribution in [-0.2, 0) is 0 Å². The molecule has 3 heterocycles. The SMILES string of the molecule is Cc1nnc(N2CCCC3(CCCNC3)C2)nc1C. The first-order valence-corrected chi connectivity index (χ1v) is 7.32. The molecule has 1 N–H and O–H groups in total. The van der Waals surface area contributed by atoms with E-state index in [1.54, 1.807) is 0 Å². The molecule has 1 spiro atoms. The number of anilines is 1. The first-order chi connectivity index (χ1) is 9.19. The van der Waals surface area contributed by atoms with E-state index in [4.69, 9.17) is 0 Å². The van der Waals surface area contributed by atoms with Crippen LogP contribution in [0, 0.1) is 19.3 Å². The van der Waals surface area contributed by atoms with Crippen LogP contribution in [-0.4, -0.2) is 41.4 Å². The Balaban J connectivity index is 1.78. The molecule has 104 valence electrons. The number of piperidine rings is 2. The molecule has 2 saturated heterocycles. The minimum Gasteiger partial charge on any atom is -0.339 e. The topological polar surface area (TPSA) is 53.9 Å². The minimum absolute atomic E-state index is 0.429. The molecule has 0 bridgehead atoms. The van der Waals surface area contributed by atoms with Crippen LogP contribution in [0.1, 0.15) is 37.1 Å². The second kappa shape index (κ2) is 5.04. The largest absolute Gasteiger partial charge is 0.339 e. The Morgan fingerprint density at radius 3 is 2.68 bits per heavy atom. The summed E-state index contributed by atoms with van der Waals surface area (Å²) in [6.07, 6.45) is 5.18. The summed E-state index contributed by atoms with van der Waals surface area (Å²) < 4.78 is 0. The van der Waals surface area contributed by atoms with Crippen molar-refractivity contribution < 1.29 is 0 Å². The van der Waals surface area contributed by atoms with Crippen LogP contribution in [0.3, 0.4) is 0 Å². The zero-order valence-electron chi connectivity index (χ0n) is 11.9. The number of aromatic nitrogens is 3. The third-order valence-corrected chi connectivity index (χ3v) is 4.59. The fourth-order valence-corrected chi connectivity index (χ4v) is 3.34. The molecule has 0 aromatic carbocycles. The van der Waals surface area contributed by atoms with Crippen molar-refractivity contribution in [1.82, 2.24) is 20.5 Å². The summed E-state index contributed by atoms with van der Waals surface area (Å²) >= 11 is 0. The van der Waals surface area contributed by atoms with Gasteiger partial charge in [-0.25, -0.2) is 4.98 Å². The first-order valence-electron chi connectivity index (χ1n) is 7.32. The van der Waals surface area contributed by atoms with Crippen LogP contribution < -0.4 is 10.2 Å². The van der Waals surface area contributed by atoms with Gasteiger partial charge in [-0.2, -0.15) is 5.10 Å². The zero-order chi connectivity index (χ0) is 13.3. The molecule has 3 rings (SSSR count). The molecule has 5 nitrogen and oxygen atoms in total. The summed E-state index contributed by atoms with van der Waals surface area (Å²) in [6, 6.07) is 0. The van der Waals surface area contributed by atoms with Crippen molar-refractivity contribution in [2.24, 2.45) is 5.41 Å². The summed E-state index contributed by atoms with van der Waals surface area (Å²) in [5.74, 6) is 0.813. The number of hydrogen-bond acceptors (Lipinski definition) is 5. The lowest BCUT2D eigenvalue weighted by molar-refractivity contribution is 0.172. The van der Waals surface area contributed by atoms with Crippen molar-refractivity contribution in [2.75, 3.05) is 31.1 Å². The fourth-order valence-electron chi connectivity index (χ4n) is 3.34. The molecule has 1 unspecified atom stereocenters. The van der Waals surface area contributed by atoms with Crippen LogP contribution in [0.2, 0.25) is 0 Å². The third kappa shape index (κ3) is 2.56. The van der Waals surface area contributed by atoms with Gasteiger partial charge in [0.1, 0.15) is 0 Å². The number of aryl methyl sites for hydroxylation is 2. The molecule has 5 heteroatoms. The van der Waals surface area contributed by atoms with E-state index in [1.807, 2.05) is 13.8 Å². The minimum atomic E-state index is 0.429. The van der Waals surface area contributed by atoms with E-state index in [2.05, 4.69) is 25.4 Å². The van der Waals surface area contributed by atoms with E-state index in [-0.39, 0.29) is 0 Å². The van der Waals surface area contributed by atoms with Gasteiger partial charge in [-0.1, -0.05) is 0 Å². The molecule has 2 aliphatic rings. The molecular weight excluding hydrogens is 238 g/mol. The molecule has 1 atom stereocenters. The second-order valence-corrected chi connectivity index (χ2v) is 6.09. The van der Waals surface area contributed by atoms with Gasteiger partial charge < -0.3 is 10.2 Å². The van der Waals surface area contributed by atoms with Crippen molar-refractivity contribution in [3.8, 4) is 0 Å². The number of hydrogen-bond donors (Lipinski definition) is 1.